The normalized spacial score (nSPS) is 10.3. The molecule has 0 N–H and O–H groups in total. The number of nitrogens with zero attached hydrogens (tertiary/aromatic N) is 2. The maximum absolute atomic E-state index is 12.1. The van der Waals surface area contributed by atoms with E-state index >= 15 is 0 Å². The van der Waals surface area contributed by atoms with Gasteiger partial charge in [-0.1, -0.05) is 0 Å². The van der Waals surface area contributed by atoms with Gasteiger partial charge in [-0.2, -0.15) is 0 Å². The molecule has 0 saturated heterocycles. The van der Waals surface area contributed by atoms with Crippen LogP contribution in [0.2, 0.25) is 0 Å². The third kappa shape index (κ3) is 4.44. The Bertz CT molecular complexity index is 371. The summed E-state index contributed by atoms with van der Waals surface area (Å²) in [7, 11) is 0. The lowest BCUT2D eigenvalue weighted by atomic mass is 10.2. The molecule has 0 atom stereocenters. The van der Waals surface area contributed by atoms with Gasteiger partial charge in [-0.25, -0.2) is 4.98 Å². The van der Waals surface area contributed by atoms with E-state index in [4.69, 9.17) is 4.74 Å². The Labute approximate surface area is 110 Å². The van der Waals surface area contributed by atoms with E-state index in [9.17, 15) is 4.79 Å². The van der Waals surface area contributed by atoms with Crippen molar-refractivity contribution in [2.24, 2.45) is 0 Å². The van der Waals surface area contributed by atoms with Crippen LogP contribution in [0.5, 0.6) is 0 Å². The molecule has 0 unspecified atom stereocenters. The molecule has 0 radical (unpaired) electrons. The number of rotatable bonds is 6. The average molecular weight is 301 g/mol. The maximum atomic E-state index is 12.1. The molecule has 0 aliphatic rings. The summed E-state index contributed by atoms with van der Waals surface area (Å²) in [5.74, 6) is 0.00954. The standard InChI is InChI=1S/C12H17BrN2O2/c1-3-15(7-8-17-4-2)12(16)10-5-6-14-11(13)9-10/h5-6,9H,3-4,7-8H2,1-2H3. The minimum absolute atomic E-state index is 0.00954. The minimum Gasteiger partial charge on any atom is -0.380 e. The van der Waals surface area contributed by atoms with E-state index in [-0.39, 0.29) is 5.91 Å². The van der Waals surface area contributed by atoms with Gasteiger partial charge in [0.2, 0.25) is 0 Å². The van der Waals surface area contributed by atoms with Crippen LogP contribution in [-0.2, 0) is 4.74 Å². The van der Waals surface area contributed by atoms with E-state index in [0.29, 0.717) is 36.5 Å². The van der Waals surface area contributed by atoms with Gasteiger partial charge in [-0.15, -0.1) is 0 Å². The monoisotopic (exact) mass is 300 g/mol. The second-order valence-electron chi connectivity index (χ2n) is 3.45. The van der Waals surface area contributed by atoms with Crippen LogP contribution in [0.25, 0.3) is 0 Å². The molecule has 1 rings (SSSR count). The van der Waals surface area contributed by atoms with Crippen LogP contribution in [0.4, 0.5) is 0 Å². The quantitative estimate of drug-likeness (QED) is 0.598. The molecule has 1 aromatic heterocycles. The highest BCUT2D eigenvalue weighted by molar-refractivity contribution is 9.10. The zero-order valence-electron chi connectivity index (χ0n) is 10.1. The highest BCUT2D eigenvalue weighted by Gasteiger charge is 2.14. The van der Waals surface area contributed by atoms with Crippen molar-refractivity contribution >= 4 is 21.8 Å². The van der Waals surface area contributed by atoms with Crippen molar-refractivity contribution in [1.82, 2.24) is 9.88 Å². The van der Waals surface area contributed by atoms with Gasteiger partial charge in [0, 0.05) is 31.5 Å². The van der Waals surface area contributed by atoms with E-state index < -0.39 is 0 Å². The number of likely N-dealkylation sites (N-methyl/N-ethyl adjacent to an activating group) is 1. The first-order valence-corrected chi connectivity index (χ1v) is 6.46. The Balaban J connectivity index is 2.65. The first kappa shape index (κ1) is 14.1. The highest BCUT2D eigenvalue weighted by atomic mass is 79.9. The predicted octanol–water partition coefficient (Wildman–Crippen LogP) is 2.34. The van der Waals surface area contributed by atoms with Crippen molar-refractivity contribution in [3.63, 3.8) is 0 Å². The highest BCUT2D eigenvalue weighted by Crippen LogP contribution is 2.10. The lowest BCUT2D eigenvalue weighted by Gasteiger charge is -2.20. The smallest absolute Gasteiger partial charge is 0.254 e. The van der Waals surface area contributed by atoms with Gasteiger partial charge in [-0.05, 0) is 41.9 Å². The summed E-state index contributed by atoms with van der Waals surface area (Å²) in [6, 6.07) is 3.45. The number of halogens is 1. The van der Waals surface area contributed by atoms with Crippen molar-refractivity contribution < 1.29 is 9.53 Å². The van der Waals surface area contributed by atoms with Crippen molar-refractivity contribution in [2.45, 2.75) is 13.8 Å². The molecule has 0 aliphatic heterocycles. The lowest BCUT2D eigenvalue weighted by molar-refractivity contribution is 0.0669. The summed E-state index contributed by atoms with van der Waals surface area (Å²) in [5, 5.41) is 0. The minimum atomic E-state index is 0.00954. The van der Waals surface area contributed by atoms with E-state index in [1.54, 1.807) is 23.2 Å². The van der Waals surface area contributed by atoms with Crippen LogP contribution in [0.3, 0.4) is 0 Å². The van der Waals surface area contributed by atoms with Crippen molar-refractivity contribution in [3.05, 3.63) is 28.5 Å². The zero-order chi connectivity index (χ0) is 12.7. The van der Waals surface area contributed by atoms with Gasteiger partial charge in [0.05, 0.1) is 6.61 Å². The number of amides is 1. The van der Waals surface area contributed by atoms with E-state index in [0.717, 1.165) is 0 Å². The number of hydrogen-bond acceptors (Lipinski definition) is 3. The Morgan fingerprint density at radius 1 is 1.53 bits per heavy atom. The van der Waals surface area contributed by atoms with Gasteiger partial charge in [0.1, 0.15) is 4.60 Å². The van der Waals surface area contributed by atoms with Crippen LogP contribution >= 0.6 is 15.9 Å². The Morgan fingerprint density at radius 2 is 2.29 bits per heavy atom. The third-order valence-corrected chi connectivity index (χ3v) is 2.79. The molecule has 0 spiro atoms. The van der Waals surface area contributed by atoms with Crippen molar-refractivity contribution in [1.29, 1.82) is 0 Å². The van der Waals surface area contributed by atoms with Gasteiger partial charge in [0.25, 0.3) is 5.91 Å². The topological polar surface area (TPSA) is 42.4 Å². The molecular formula is C12H17BrN2O2. The van der Waals surface area contributed by atoms with Gasteiger partial charge >= 0.3 is 0 Å². The summed E-state index contributed by atoms with van der Waals surface area (Å²) in [6.07, 6.45) is 1.62. The third-order valence-electron chi connectivity index (χ3n) is 2.35. The molecule has 94 valence electrons. The molecule has 0 aromatic carbocycles. The number of aromatic nitrogens is 1. The first-order valence-electron chi connectivity index (χ1n) is 5.67. The van der Waals surface area contributed by atoms with Crippen molar-refractivity contribution in [3.8, 4) is 0 Å². The number of hydrogen-bond donors (Lipinski definition) is 0. The molecule has 1 amide bonds. The Hall–Kier alpha value is -0.940. The first-order chi connectivity index (χ1) is 8.19. The summed E-state index contributed by atoms with van der Waals surface area (Å²) >= 11 is 3.26. The lowest BCUT2D eigenvalue weighted by Crippen LogP contribution is -2.33. The fourth-order valence-electron chi connectivity index (χ4n) is 1.44. The van der Waals surface area contributed by atoms with Crippen LogP contribution in [0.15, 0.2) is 22.9 Å². The summed E-state index contributed by atoms with van der Waals surface area (Å²) in [6.45, 7) is 6.43. The molecule has 0 aliphatic carbocycles. The van der Waals surface area contributed by atoms with Crippen LogP contribution in [0.1, 0.15) is 24.2 Å². The molecule has 5 heteroatoms. The summed E-state index contributed by atoms with van der Waals surface area (Å²) in [4.78, 5) is 17.9. The number of pyridine rings is 1. The zero-order valence-corrected chi connectivity index (χ0v) is 11.7. The molecule has 1 heterocycles. The fraction of sp³-hybridized carbons (Fsp3) is 0.500. The van der Waals surface area contributed by atoms with Gasteiger partial charge < -0.3 is 9.64 Å². The number of carbonyl (C=O) groups excluding carboxylic acids is 1. The molecule has 17 heavy (non-hydrogen) atoms. The maximum Gasteiger partial charge on any atom is 0.254 e. The van der Waals surface area contributed by atoms with E-state index in [1.807, 2.05) is 13.8 Å². The molecular weight excluding hydrogens is 284 g/mol. The molecule has 1 aromatic rings. The SMILES string of the molecule is CCOCCN(CC)C(=O)c1ccnc(Br)c1. The predicted molar refractivity (Wildman–Crippen MR) is 70.0 cm³/mol. The number of carbonyl (C=O) groups is 1. The largest absolute Gasteiger partial charge is 0.380 e. The molecule has 0 fully saturated rings. The van der Waals surface area contributed by atoms with E-state index in [2.05, 4.69) is 20.9 Å². The second-order valence-corrected chi connectivity index (χ2v) is 4.26. The summed E-state index contributed by atoms with van der Waals surface area (Å²) in [5.41, 5.74) is 0.644. The van der Waals surface area contributed by atoms with Crippen LogP contribution < -0.4 is 0 Å². The van der Waals surface area contributed by atoms with Crippen molar-refractivity contribution in [2.75, 3.05) is 26.3 Å². The molecule has 4 nitrogen and oxygen atoms in total. The van der Waals surface area contributed by atoms with Crippen LogP contribution in [0, 0.1) is 0 Å². The Kier molecular flexibility index (Phi) is 6.15. The van der Waals surface area contributed by atoms with Crippen LogP contribution in [-0.4, -0.2) is 42.1 Å². The van der Waals surface area contributed by atoms with E-state index in [1.165, 1.54) is 0 Å². The molecule has 0 bridgehead atoms. The second kappa shape index (κ2) is 7.40. The molecule has 0 saturated carbocycles. The average Bonchev–Trinajstić information content (AvgIpc) is 2.34. The van der Waals surface area contributed by atoms with Gasteiger partial charge in [0.15, 0.2) is 0 Å². The number of ether oxygens (including phenoxy) is 1. The summed E-state index contributed by atoms with van der Waals surface area (Å²) < 4.78 is 5.93. The van der Waals surface area contributed by atoms with Gasteiger partial charge in [-0.3, -0.25) is 4.79 Å². The Morgan fingerprint density at radius 3 is 2.88 bits per heavy atom. The fourth-order valence-corrected chi connectivity index (χ4v) is 1.81.